The van der Waals surface area contributed by atoms with Gasteiger partial charge in [0.1, 0.15) is 11.5 Å². The Hall–Kier alpha value is -2.63. The van der Waals surface area contributed by atoms with E-state index >= 15 is 0 Å². The molecule has 0 saturated heterocycles. The van der Waals surface area contributed by atoms with Gasteiger partial charge < -0.3 is 10.3 Å². The largest absolute Gasteiger partial charge is 0.382 e. The number of rotatable bonds is 3. The molecular weight excluding hydrogens is 254 g/mol. The Kier molecular flexibility index (Phi) is 2.98. The van der Waals surface area contributed by atoms with E-state index in [-0.39, 0.29) is 5.56 Å². The molecule has 0 radical (unpaired) electrons. The molecule has 6 heteroatoms. The van der Waals surface area contributed by atoms with Gasteiger partial charge in [-0.3, -0.25) is 9.48 Å². The van der Waals surface area contributed by atoms with Crippen molar-refractivity contribution in [1.29, 1.82) is 0 Å². The van der Waals surface area contributed by atoms with E-state index < -0.39 is 0 Å². The maximum Gasteiger partial charge on any atom is 0.272 e. The van der Waals surface area contributed by atoms with Crippen LogP contribution in [0.2, 0.25) is 0 Å². The second-order valence-electron chi connectivity index (χ2n) is 4.65. The van der Waals surface area contributed by atoms with Crippen molar-refractivity contribution in [3.63, 3.8) is 0 Å². The van der Waals surface area contributed by atoms with E-state index in [0.29, 0.717) is 24.6 Å². The van der Waals surface area contributed by atoms with Crippen LogP contribution in [0.25, 0.3) is 11.0 Å². The Labute approximate surface area is 115 Å². The highest BCUT2D eigenvalue weighted by Crippen LogP contribution is 2.10. The molecule has 0 aliphatic heterocycles. The van der Waals surface area contributed by atoms with Crippen molar-refractivity contribution in [3.8, 4) is 0 Å². The third-order valence-corrected chi connectivity index (χ3v) is 3.23. The summed E-state index contributed by atoms with van der Waals surface area (Å²) in [5.74, 6) is 0.480. The number of nitrogen functional groups attached to an aromatic ring is 1. The second kappa shape index (κ2) is 4.80. The molecule has 0 atom stereocenters. The molecule has 3 aromatic rings. The molecule has 2 aromatic heterocycles. The minimum Gasteiger partial charge on any atom is -0.382 e. The van der Waals surface area contributed by atoms with E-state index in [1.165, 1.54) is 0 Å². The van der Waals surface area contributed by atoms with Gasteiger partial charge in [0.05, 0.1) is 17.6 Å². The number of hydrogen-bond acceptors (Lipinski definition) is 4. The van der Waals surface area contributed by atoms with Gasteiger partial charge in [-0.1, -0.05) is 12.1 Å². The molecule has 0 aliphatic rings. The predicted molar refractivity (Wildman–Crippen MR) is 77.4 cm³/mol. The third kappa shape index (κ3) is 2.16. The average Bonchev–Trinajstić information content (AvgIpc) is 2.85. The number of benzene rings is 1. The van der Waals surface area contributed by atoms with Crippen molar-refractivity contribution < 1.29 is 0 Å². The van der Waals surface area contributed by atoms with Gasteiger partial charge >= 0.3 is 0 Å². The zero-order valence-corrected chi connectivity index (χ0v) is 11.2. The van der Waals surface area contributed by atoms with Crippen molar-refractivity contribution in [2.75, 3.05) is 5.73 Å². The van der Waals surface area contributed by atoms with Crippen LogP contribution in [-0.2, 0) is 13.1 Å². The smallest absolute Gasteiger partial charge is 0.272 e. The third-order valence-electron chi connectivity index (χ3n) is 3.23. The van der Waals surface area contributed by atoms with Crippen molar-refractivity contribution in [1.82, 2.24) is 19.3 Å². The van der Waals surface area contributed by atoms with Gasteiger partial charge in [-0.15, -0.1) is 0 Å². The Morgan fingerprint density at radius 1 is 1.20 bits per heavy atom. The van der Waals surface area contributed by atoms with E-state index in [2.05, 4.69) is 10.1 Å². The van der Waals surface area contributed by atoms with Crippen LogP contribution < -0.4 is 11.3 Å². The lowest BCUT2D eigenvalue weighted by atomic mass is 10.3. The Morgan fingerprint density at radius 2 is 2.00 bits per heavy atom. The summed E-state index contributed by atoms with van der Waals surface area (Å²) in [5, 5.41) is 4.12. The molecule has 0 amide bonds. The quantitative estimate of drug-likeness (QED) is 0.774. The average molecular weight is 269 g/mol. The van der Waals surface area contributed by atoms with Gasteiger partial charge in [0.15, 0.2) is 0 Å². The molecule has 0 saturated carbocycles. The minimum absolute atomic E-state index is 0.0659. The fourth-order valence-corrected chi connectivity index (χ4v) is 2.25. The molecular formula is C14H15N5O. The minimum atomic E-state index is -0.0659. The van der Waals surface area contributed by atoms with Gasteiger partial charge in [-0.25, -0.2) is 4.98 Å². The normalized spacial score (nSPS) is 11.1. The van der Waals surface area contributed by atoms with Crippen molar-refractivity contribution in [2.24, 2.45) is 0 Å². The monoisotopic (exact) mass is 269 g/mol. The van der Waals surface area contributed by atoms with E-state index in [0.717, 1.165) is 11.0 Å². The number of para-hydroxylation sites is 2. The summed E-state index contributed by atoms with van der Waals surface area (Å²) < 4.78 is 3.46. The predicted octanol–water partition coefficient (Wildman–Crippen LogP) is 1.18. The summed E-state index contributed by atoms with van der Waals surface area (Å²) in [6, 6.07) is 9.36. The summed E-state index contributed by atoms with van der Waals surface area (Å²) in [4.78, 5) is 16.6. The molecule has 0 spiro atoms. The first-order valence-electron chi connectivity index (χ1n) is 6.40. The van der Waals surface area contributed by atoms with Crippen LogP contribution >= 0.6 is 0 Å². The maximum absolute atomic E-state index is 12.3. The van der Waals surface area contributed by atoms with E-state index in [9.17, 15) is 4.79 Å². The lowest BCUT2D eigenvalue weighted by Gasteiger charge is -2.11. The lowest BCUT2D eigenvalue weighted by molar-refractivity contribution is 0.533. The van der Waals surface area contributed by atoms with E-state index in [4.69, 9.17) is 5.73 Å². The van der Waals surface area contributed by atoms with E-state index in [1.54, 1.807) is 28.4 Å². The van der Waals surface area contributed by atoms with Crippen LogP contribution in [0.5, 0.6) is 0 Å². The topological polar surface area (TPSA) is 78.7 Å². The molecule has 3 rings (SSSR count). The van der Waals surface area contributed by atoms with Crippen molar-refractivity contribution in [2.45, 2.75) is 20.0 Å². The van der Waals surface area contributed by atoms with Gasteiger partial charge in [0.2, 0.25) is 0 Å². The zero-order chi connectivity index (χ0) is 14.1. The van der Waals surface area contributed by atoms with Crippen LogP contribution in [0.15, 0.2) is 41.3 Å². The standard InChI is InChI=1S/C14H15N5O/c1-10-14(20)19(9-8-18-7-6-13(15)17-18)12-5-3-2-4-11(12)16-10/h2-7H,8-9H2,1H3,(H2,15,17). The van der Waals surface area contributed by atoms with Crippen molar-refractivity contribution >= 4 is 16.9 Å². The lowest BCUT2D eigenvalue weighted by Crippen LogP contribution is -2.26. The molecule has 1 aromatic carbocycles. The number of anilines is 1. The highest BCUT2D eigenvalue weighted by Gasteiger charge is 2.07. The fourth-order valence-electron chi connectivity index (χ4n) is 2.25. The molecule has 2 heterocycles. The summed E-state index contributed by atoms with van der Waals surface area (Å²) in [7, 11) is 0. The van der Waals surface area contributed by atoms with Crippen LogP contribution in [0.1, 0.15) is 5.69 Å². The molecule has 2 N–H and O–H groups in total. The highest BCUT2D eigenvalue weighted by molar-refractivity contribution is 5.74. The SMILES string of the molecule is Cc1nc2ccccc2n(CCn2ccc(N)n2)c1=O. The molecule has 6 nitrogen and oxygen atoms in total. The zero-order valence-electron chi connectivity index (χ0n) is 11.2. The Bertz CT molecular complexity index is 818. The molecule has 0 fully saturated rings. The van der Waals surface area contributed by atoms with Gasteiger partial charge in [0.25, 0.3) is 5.56 Å². The number of nitrogens with two attached hydrogens (primary N) is 1. The molecule has 0 unspecified atom stereocenters. The van der Waals surface area contributed by atoms with Crippen LogP contribution in [0.4, 0.5) is 5.82 Å². The number of fused-ring (bicyclic) bond motifs is 1. The van der Waals surface area contributed by atoms with Crippen molar-refractivity contribution in [3.05, 3.63) is 52.6 Å². The summed E-state index contributed by atoms with van der Waals surface area (Å²) in [5.41, 5.74) is 7.68. The Balaban J connectivity index is 2.01. The van der Waals surface area contributed by atoms with Crippen LogP contribution in [-0.4, -0.2) is 19.3 Å². The highest BCUT2D eigenvalue weighted by atomic mass is 16.1. The number of aryl methyl sites for hydroxylation is 3. The van der Waals surface area contributed by atoms with Gasteiger partial charge in [-0.05, 0) is 25.1 Å². The molecule has 0 bridgehead atoms. The summed E-state index contributed by atoms with van der Waals surface area (Å²) in [6.07, 6.45) is 1.80. The number of nitrogens with zero attached hydrogens (tertiary/aromatic N) is 4. The molecule has 0 aliphatic carbocycles. The Morgan fingerprint density at radius 3 is 2.75 bits per heavy atom. The summed E-state index contributed by atoms with van der Waals surface area (Å²) in [6.45, 7) is 2.85. The van der Waals surface area contributed by atoms with Crippen LogP contribution in [0, 0.1) is 6.92 Å². The van der Waals surface area contributed by atoms with Gasteiger partial charge in [0, 0.05) is 12.7 Å². The maximum atomic E-state index is 12.3. The van der Waals surface area contributed by atoms with Gasteiger partial charge in [-0.2, -0.15) is 5.10 Å². The first-order chi connectivity index (χ1) is 9.65. The van der Waals surface area contributed by atoms with Crippen LogP contribution in [0.3, 0.4) is 0 Å². The number of aromatic nitrogens is 4. The molecule has 102 valence electrons. The summed E-state index contributed by atoms with van der Waals surface area (Å²) >= 11 is 0. The first-order valence-corrected chi connectivity index (χ1v) is 6.40. The number of hydrogen-bond donors (Lipinski definition) is 1. The molecule has 20 heavy (non-hydrogen) atoms. The second-order valence-corrected chi connectivity index (χ2v) is 4.65. The fraction of sp³-hybridized carbons (Fsp3) is 0.214. The van der Waals surface area contributed by atoms with E-state index in [1.807, 2.05) is 24.3 Å². The first kappa shape index (κ1) is 12.4.